The fraction of sp³-hybridized carbons (Fsp3) is 0.481. The van der Waals surface area contributed by atoms with Crippen LogP contribution in [0.3, 0.4) is 0 Å². The van der Waals surface area contributed by atoms with E-state index in [-0.39, 0.29) is 18.6 Å². The normalized spacial score (nSPS) is 13.6. The van der Waals surface area contributed by atoms with Crippen molar-refractivity contribution in [2.24, 2.45) is 0 Å². The maximum absolute atomic E-state index is 12.6. The number of benzene rings is 2. The lowest BCUT2D eigenvalue weighted by atomic mass is 9.71. The van der Waals surface area contributed by atoms with Gasteiger partial charge in [0, 0.05) is 0 Å². The van der Waals surface area contributed by atoms with Crippen molar-refractivity contribution in [3.8, 4) is 0 Å². The molecule has 3 N–H and O–H groups in total. The zero-order valence-corrected chi connectivity index (χ0v) is 19.6. The monoisotopic (exact) mass is 464 g/mol. The predicted octanol–water partition coefficient (Wildman–Crippen LogP) is 5.86. The molecular weight excluding hydrogens is 429 g/mol. The van der Waals surface area contributed by atoms with Crippen LogP contribution in [-0.4, -0.2) is 27.6 Å². The lowest BCUT2D eigenvalue weighted by Crippen LogP contribution is -2.26. The molecule has 2 rings (SSSR count). The molecule has 6 heteroatoms. The number of rotatable bonds is 11. The molecule has 0 aliphatic rings. The number of alkyl halides is 3. The maximum atomic E-state index is 12.6. The van der Waals surface area contributed by atoms with E-state index in [0.717, 1.165) is 59.6 Å². The van der Waals surface area contributed by atoms with E-state index in [2.05, 4.69) is 19.9 Å². The number of aliphatic hydroxyl groups is 3. The Bertz CT molecular complexity index is 931. The van der Waals surface area contributed by atoms with Crippen molar-refractivity contribution in [1.29, 1.82) is 0 Å². The van der Waals surface area contributed by atoms with Gasteiger partial charge in [0.15, 0.2) is 6.10 Å². The van der Waals surface area contributed by atoms with E-state index >= 15 is 0 Å². The van der Waals surface area contributed by atoms with Crippen LogP contribution in [0.25, 0.3) is 6.08 Å². The summed E-state index contributed by atoms with van der Waals surface area (Å²) in [7, 11) is 0. The second kappa shape index (κ2) is 11.8. The van der Waals surface area contributed by atoms with Crippen LogP contribution in [-0.2, 0) is 31.5 Å². The van der Waals surface area contributed by atoms with Crippen molar-refractivity contribution < 1.29 is 28.5 Å². The fourth-order valence-electron chi connectivity index (χ4n) is 4.38. The SMILES string of the molecule is CCc1cc(C(CC)(CC)CCc2ccc(CO)c(CO)c2)ccc1/C=C/C(O)C(F)(F)F. The van der Waals surface area contributed by atoms with Gasteiger partial charge in [-0.25, -0.2) is 0 Å². The average molecular weight is 465 g/mol. The molecule has 2 aromatic carbocycles. The minimum absolute atomic E-state index is 0.0906. The highest BCUT2D eigenvalue weighted by atomic mass is 19.4. The van der Waals surface area contributed by atoms with Crippen LogP contribution in [0.5, 0.6) is 0 Å². The Kier molecular flexibility index (Phi) is 9.70. The smallest absolute Gasteiger partial charge is 0.392 e. The molecule has 182 valence electrons. The Morgan fingerprint density at radius 1 is 0.879 bits per heavy atom. The Morgan fingerprint density at radius 2 is 1.55 bits per heavy atom. The van der Waals surface area contributed by atoms with Gasteiger partial charge in [-0.05, 0) is 77.0 Å². The van der Waals surface area contributed by atoms with Gasteiger partial charge < -0.3 is 15.3 Å². The van der Waals surface area contributed by atoms with E-state index < -0.39 is 12.3 Å². The molecule has 0 saturated heterocycles. The first-order valence-electron chi connectivity index (χ1n) is 11.5. The molecule has 2 aromatic rings. The van der Waals surface area contributed by atoms with Gasteiger partial charge in [-0.1, -0.05) is 63.2 Å². The number of aryl methyl sites for hydroxylation is 2. The van der Waals surface area contributed by atoms with Gasteiger partial charge in [0.05, 0.1) is 13.2 Å². The lowest BCUT2D eigenvalue weighted by Gasteiger charge is -2.33. The second-order valence-corrected chi connectivity index (χ2v) is 8.52. The van der Waals surface area contributed by atoms with Gasteiger partial charge in [-0.2, -0.15) is 13.2 Å². The lowest BCUT2D eigenvalue weighted by molar-refractivity contribution is -0.187. The first-order chi connectivity index (χ1) is 15.6. The maximum Gasteiger partial charge on any atom is 0.417 e. The van der Waals surface area contributed by atoms with Crippen LogP contribution in [0, 0.1) is 0 Å². The summed E-state index contributed by atoms with van der Waals surface area (Å²) in [5.41, 5.74) is 5.25. The van der Waals surface area contributed by atoms with Crippen LogP contribution in [0.15, 0.2) is 42.5 Å². The third-order valence-corrected chi connectivity index (χ3v) is 6.79. The Balaban J connectivity index is 2.31. The third-order valence-electron chi connectivity index (χ3n) is 6.79. The molecule has 0 amide bonds. The summed E-state index contributed by atoms with van der Waals surface area (Å²) in [6.07, 6.45) is -0.833. The molecule has 0 aromatic heterocycles. The van der Waals surface area contributed by atoms with Crippen LogP contribution in [0.4, 0.5) is 13.2 Å². The van der Waals surface area contributed by atoms with Crippen LogP contribution < -0.4 is 0 Å². The Morgan fingerprint density at radius 3 is 2.09 bits per heavy atom. The molecule has 1 atom stereocenters. The molecule has 33 heavy (non-hydrogen) atoms. The largest absolute Gasteiger partial charge is 0.417 e. The summed E-state index contributed by atoms with van der Waals surface area (Å²) in [5.74, 6) is 0. The van der Waals surface area contributed by atoms with Gasteiger partial charge in [-0.15, -0.1) is 0 Å². The molecule has 0 aliphatic carbocycles. The predicted molar refractivity (Wildman–Crippen MR) is 126 cm³/mol. The van der Waals surface area contributed by atoms with Gasteiger partial charge >= 0.3 is 6.18 Å². The van der Waals surface area contributed by atoms with E-state index in [1.807, 2.05) is 37.3 Å². The minimum Gasteiger partial charge on any atom is -0.392 e. The highest BCUT2D eigenvalue weighted by Gasteiger charge is 2.36. The average Bonchev–Trinajstić information content (AvgIpc) is 2.82. The number of hydrogen-bond acceptors (Lipinski definition) is 3. The van der Waals surface area contributed by atoms with E-state index in [4.69, 9.17) is 0 Å². The Labute approximate surface area is 194 Å². The van der Waals surface area contributed by atoms with Crippen molar-refractivity contribution in [3.63, 3.8) is 0 Å². The molecule has 0 heterocycles. The molecule has 1 unspecified atom stereocenters. The highest BCUT2D eigenvalue weighted by Crippen LogP contribution is 2.38. The minimum atomic E-state index is -4.67. The van der Waals surface area contributed by atoms with Crippen molar-refractivity contribution in [3.05, 3.63) is 75.9 Å². The molecule has 0 bridgehead atoms. The standard InChI is InChI=1S/C27H35F3O3/c1-4-20-16-24(11-9-21(20)10-12-25(33)27(28,29)30)26(5-2,6-3)14-13-19-7-8-22(17-31)23(15-19)18-32/h7-12,15-16,25,31-33H,4-6,13-14,17-18H2,1-3H3/b12-10+. The molecule has 0 fully saturated rings. The molecule has 3 nitrogen and oxygen atoms in total. The summed E-state index contributed by atoms with van der Waals surface area (Å²) in [5, 5.41) is 28.3. The van der Waals surface area contributed by atoms with E-state index in [0.29, 0.717) is 12.0 Å². The van der Waals surface area contributed by atoms with Crippen molar-refractivity contribution in [2.75, 3.05) is 0 Å². The van der Waals surface area contributed by atoms with Crippen LogP contribution in [0.2, 0.25) is 0 Å². The number of hydrogen-bond donors (Lipinski definition) is 3. The summed E-state index contributed by atoms with van der Waals surface area (Å²) in [6.45, 7) is 6.04. The van der Waals surface area contributed by atoms with Crippen LogP contribution in [0.1, 0.15) is 73.4 Å². The molecule has 0 radical (unpaired) electrons. The van der Waals surface area contributed by atoms with Gasteiger partial charge in [0.2, 0.25) is 0 Å². The number of aliphatic hydroxyl groups excluding tert-OH is 3. The quantitative estimate of drug-likeness (QED) is 0.390. The first kappa shape index (κ1) is 27.1. The summed E-state index contributed by atoms with van der Waals surface area (Å²) in [6, 6.07) is 11.7. The topological polar surface area (TPSA) is 60.7 Å². The number of halogens is 3. The summed E-state index contributed by atoms with van der Waals surface area (Å²) >= 11 is 0. The van der Waals surface area contributed by atoms with Gasteiger partial charge in [0.1, 0.15) is 0 Å². The fourth-order valence-corrected chi connectivity index (χ4v) is 4.38. The third kappa shape index (κ3) is 6.69. The molecule has 0 spiro atoms. The molecule has 0 saturated carbocycles. The zero-order valence-electron chi connectivity index (χ0n) is 19.6. The van der Waals surface area contributed by atoms with E-state index in [1.54, 1.807) is 0 Å². The molecule has 0 aliphatic heterocycles. The van der Waals surface area contributed by atoms with Crippen molar-refractivity contribution >= 4 is 6.08 Å². The van der Waals surface area contributed by atoms with Crippen LogP contribution >= 0.6 is 0 Å². The zero-order chi connectivity index (χ0) is 24.6. The van der Waals surface area contributed by atoms with Crippen molar-refractivity contribution in [1.82, 2.24) is 0 Å². The second-order valence-electron chi connectivity index (χ2n) is 8.52. The molecular formula is C27H35F3O3. The van der Waals surface area contributed by atoms with Crippen molar-refractivity contribution in [2.45, 2.75) is 83.8 Å². The Hall–Kier alpha value is -2.15. The summed E-state index contributed by atoms with van der Waals surface area (Å²) in [4.78, 5) is 0. The van der Waals surface area contributed by atoms with E-state index in [9.17, 15) is 28.5 Å². The first-order valence-corrected chi connectivity index (χ1v) is 11.5. The van der Waals surface area contributed by atoms with Gasteiger partial charge in [-0.3, -0.25) is 0 Å². The van der Waals surface area contributed by atoms with E-state index in [1.165, 1.54) is 6.08 Å². The van der Waals surface area contributed by atoms with Gasteiger partial charge in [0.25, 0.3) is 0 Å². The highest BCUT2D eigenvalue weighted by molar-refractivity contribution is 5.56. The summed E-state index contributed by atoms with van der Waals surface area (Å²) < 4.78 is 37.9.